The number of amides is 4. The molecule has 4 saturated heterocycles. The number of anilines is 1. The van der Waals surface area contributed by atoms with Crippen molar-refractivity contribution in [2.45, 2.75) is 233 Å². The number of hydrogen-bond donors (Lipinski definition) is 5. The Morgan fingerprint density at radius 3 is 1.90 bits per heavy atom. The molecule has 0 saturated carbocycles. The molecule has 2 aromatic heterocycles. The Kier molecular flexibility index (Phi) is 42.0. The smallest absolute Gasteiger partial charge is 0.333 e. The average molecular weight is 1630 g/mol. The molecule has 4 fully saturated rings. The molecular formula is C72H107F4N13O21P2. The van der Waals surface area contributed by atoms with Gasteiger partial charge in [-0.3, -0.25) is 33.5 Å². The number of nitriles is 2. The van der Waals surface area contributed by atoms with Crippen molar-refractivity contribution in [3.63, 3.8) is 0 Å². The predicted octanol–water partition coefficient (Wildman–Crippen LogP) is 9.32. The highest BCUT2D eigenvalue weighted by Gasteiger charge is 2.54. The number of nitrogens with one attached hydrogen (secondary N) is 2. The number of aliphatic hydroxyl groups excluding tert-OH is 3. The highest BCUT2D eigenvalue weighted by molar-refractivity contribution is 7.44. The third-order valence-electron chi connectivity index (χ3n) is 15.9. The van der Waals surface area contributed by atoms with Gasteiger partial charge in [-0.2, -0.15) is 10.5 Å². The van der Waals surface area contributed by atoms with Gasteiger partial charge in [0.2, 0.25) is 8.77 Å². The number of carbonyl (C=O) groups excluding carboxylic acids is 7. The van der Waals surface area contributed by atoms with Crippen LogP contribution in [0, 0.1) is 22.7 Å². The maximum atomic E-state index is 16.4. The molecular weight excluding hydrogens is 1520 g/mol. The van der Waals surface area contributed by atoms with E-state index in [9.17, 15) is 43.1 Å². The molecule has 624 valence electrons. The Bertz CT molecular complexity index is 3730. The van der Waals surface area contributed by atoms with Crippen LogP contribution in [-0.4, -0.2) is 256 Å². The van der Waals surface area contributed by atoms with Gasteiger partial charge in [-0.15, -0.1) is 0 Å². The van der Waals surface area contributed by atoms with Gasteiger partial charge in [0.05, 0.1) is 82.8 Å². The number of aliphatic hydroxyl groups is 3. The lowest BCUT2D eigenvalue weighted by Crippen LogP contribution is -2.50. The van der Waals surface area contributed by atoms with Crippen LogP contribution in [0.15, 0.2) is 98.2 Å². The van der Waals surface area contributed by atoms with Gasteiger partial charge in [0.25, 0.3) is 14.4 Å². The molecule has 0 aliphatic carbocycles. The molecule has 5 aliphatic rings. The number of nitrogens with zero attached hydrogens (tertiary/aromatic N) is 11. The summed E-state index contributed by atoms with van der Waals surface area (Å²) in [7, 11) is -1.72. The molecule has 18 atom stereocenters. The first-order valence-corrected chi connectivity index (χ1v) is 36.5. The summed E-state index contributed by atoms with van der Waals surface area (Å²) in [6.07, 6.45) is -13.8. The van der Waals surface area contributed by atoms with Crippen molar-refractivity contribution in [3.8, 4) is 12.1 Å². The average Bonchev–Trinajstić information content (AvgIpc) is 1.62. The monoisotopic (exact) mass is 1630 g/mol. The van der Waals surface area contributed by atoms with Gasteiger partial charge in [-0.1, -0.05) is 52.8 Å². The number of esters is 2. The van der Waals surface area contributed by atoms with Gasteiger partial charge >= 0.3 is 26.6 Å². The number of rotatable bonds is 35. The van der Waals surface area contributed by atoms with E-state index >= 15 is 13.2 Å². The van der Waals surface area contributed by atoms with Crippen LogP contribution in [-0.2, 0) is 75.0 Å². The van der Waals surface area contributed by atoms with Gasteiger partial charge < -0.3 is 91.5 Å². The number of hydrogen-bond acceptors (Lipinski definition) is 29. The number of imidazole rings is 1. The van der Waals surface area contributed by atoms with Crippen LogP contribution in [0.4, 0.5) is 28.2 Å². The zero-order valence-corrected chi connectivity index (χ0v) is 64.4. The fourth-order valence-electron chi connectivity index (χ4n) is 10.9. The van der Waals surface area contributed by atoms with E-state index in [1.807, 2.05) is 44.5 Å². The molecule has 5 N–H and O–H groups in total. The highest BCUT2D eigenvalue weighted by atomic mass is 31.2. The van der Waals surface area contributed by atoms with Crippen molar-refractivity contribution in [2.75, 3.05) is 52.5 Å². The Morgan fingerprint density at radius 1 is 0.786 bits per heavy atom. The molecule has 6 unspecified atom stereocenters. The van der Waals surface area contributed by atoms with Crippen molar-refractivity contribution in [1.29, 1.82) is 13.4 Å². The number of ether oxygens (including phenoxy) is 6. The summed E-state index contributed by atoms with van der Waals surface area (Å²) >= 11 is 0. The number of fused-ring (bicyclic) bond motifs is 1. The second kappa shape index (κ2) is 50.8. The Hall–Kier alpha value is -8.27. The van der Waals surface area contributed by atoms with E-state index in [4.69, 9.17) is 67.2 Å². The normalized spacial score (nSPS) is 25.7. The predicted molar refractivity (Wildman–Crippen MR) is 403 cm³/mol. The maximum Gasteiger partial charge on any atom is 0.333 e. The van der Waals surface area contributed by atoms with Crippen LogP contribution in [0.1, 0.15) is 142 Å². The Morgan fingerprint density at radius 2 is 1.36 bits per heavy atom. The molecule has 0 spiro atoms. The number of aliphatic imine (C=N–C) groups is 1. The molecule has 0 radical (unpaired) electrons. The van der Waals surface area contributed by atoms with E-state index in [1.54, 1.807) is 43.3 Å². The van der Waals surface area contributed by atoms with Gasteiger partial charge in [0.15, 0.2) is 78.8 Å². The summed E-state index contributed by atoms with van der Waals surface area (Å²) in [5, 5.41) is 39.4. The molecule has 8 rings (SSSR count). The Labute approximate surface area is 658 Å². The molecule has 4 amide bonds. The third-order valence-corrected chi connectivity index (χ3v) is 19.2. The van der Waals surface area contributed by atoms with E-state index in [-0.39, 0.29) is 132 Å². The van der Waals surface area contributed by atoms with E-state index in [1.165, 1.54) is 80.5 Å². The number of carbonyl (C=O) groups is 7. The minimum Gasteiger partial charge on any atom is -0.454 e. The summed E-state index contributed by atoms with van der Waals surface area (Å²) in [5.74, 6) is -2.66. The molecule has 112 heavy (non-hydrogen) atoms. The summed E-state index contributed by atoms with van der Waals surface area (Å²) in [4.78, 5) is 105. The standard InChI is InChI=1S/C34H37F2N8O10P.C18H31FN3O4P.C16H23FN2O5.2CH4O.2CH4/c1-19(45)10-11-23(46)53-27-25(36)22(52-32(27)44-18-41-26-29(39-17-40-30(26)44)42-31(47)21-8-4-3-5-9-21)16-50-55(49-15-6-12-37)54-28-24(35)20(2)51-33(28)43-14-7-13-38-34(43)48;1-8-21(15(7)23)18-17(16(19)14(6)25-18)26-27(24-11-9-10-20)22(12(2)3)13(4)5;1-5-18-11(4)19(6-2)16-15(14(17)12(9-20)23-16)24-13(22)8-7-10(3)21;2*1-2;;/h3-5,7-9,14,17-18,20,22,24-25,27-28,32-33H,6,10-11,13,15-16H2,1-2H3,(H,38,48)(H,39,40,42,47);8,12-14,16-18H,1,9,11H2,2-7H3;5-6,12,14-16,20H,2,4,7-9H2,1,3H3;2*2H,1H3;2*1H4/t20-,22-,24+,25+,27?,28?,32-,33-,55?;14-,16+,17?,18-,27?;12-,14+,15?,16-;;;;/m111..../s1/i2D;6D;;2*2T;;. The minimum atomic E-state index is -2.58. The first-order valence-electron chi connectivity index (χ1n) is 36.5. The number of alkyl halides is 4. The van der Waals surface area contributed by atoms with Crippen molar-refractivity contribution < 1.29 is 120 Å². The summed E-state index contributed by atoms with van der Waals surface area (Å²) in [6.45, 7) is 22.6. The van der Waals surface area contributed by atoms with E-state index < -0.39 is 160 Å². The number of ketones is 2. The number of benzene rings is 1. The van der Waals surface area contributed by atoms with Gasteiger partial charge in [0, 0.05) is 85.7 Å². The van der Waals surface area contributed by atoms with Crippen molar-refractivity contribution in [2.24, 2.45) is 4.99 Å². The second-order valence-electron chi connectivity index (χ2n) is 24.3. The van der Waals surface area contributed by atoms with E-state index in [0.717, 1.165) is 11.2 Å². The van der Waals surface area contributed by atoms with Crippen molar-refractivity contribution in [1.82, 2.24) is 44.2 Å². The quantitative estimate of drug-likeness (QED) is 0.0120. The number of halogens is 4. The maximum absolute atomic E-state index is 16.4. The lowest BCUT2D eigenvalue weighted by molar-refractivity contribution is -0.159. The van der Waals surface area contributed by atoms with E-state index in [0.29, 0.717) is 5.56 Å². The van der Waals surface area contributed by atoms with Gasteiger partial charge in [-0.05, 0) is 80.5 Å². The van der Waals surface area contributed by atoms with Crippen LogP contribution >= 0.6 is 17.1 Å². The molecule has 5 aliphatic heterocycles. The topological polar surface area (TPSA) is 422 Å². The molecule has 3 aromatic rings. The summed E-state index contributed by atoms with van der Waals surface area (Å²) in [6, 6.07) is 11.7. The SMILES string of the molecule is C.C.C=CN(C(=C)N=CC)[C@@H]1O[C@H](CO)[C@H](F)C1OC(=O)CCC(C)=O.[2H]C[C@H]1O[C@@H](N(C=C)C(C)=O)C(OP(OCCC#N)N(C(C)C)C(C)C)[C@H]1F.[2H]C[C@H]1O[C@@H](N2C=CCNC2=O)C(OP(OCCC#N)OC[C@H]2O[C@@H](n3cnc4c(NC(=O)c5ccccc5)ncnc43)C(OC(=O)CCC(C)=O)[C@H]2F)[C@H]1F.[3H]OC.[3H]OC. The largest absolute Gasteiger partial charge is 0.454 e. The number of aromatic nitrogens is 4. The minimum absolute atomic E-state index is 0. The lowest BCUT2D eigenvalue weighted by atomic mass is 10.1. The second-order valence-corrected chi connectivity index (χ2v) is 26.9. The number of Topliss-reactive ketones (excluding diaryl/α,β-unsaturated/α-hetero) is 2. The van der Waals surface area contributed by atoms with Crippen LogP contribution in [0.3, 0.4) is 0 Å². The Balaban J connectivity index is 0.000000636. The van der Waals surface area contributed by atoms with Gasteiger partial charge in [-0.25, -0.2) is 47.0 Å². The lowest BCUT2D eigenvalue weighted by Gasteiger charge is -2.38. The summed E-state index contributed by atoms with van der Waals surface area (Å²) in [5.41, 5.74) is 0.540. The first-order chi connectivity index (χ1) is 54.5. The highest BCUT2D eigenvalue weighted by Crippen LogP contribution is 2.51. The third kappa shape index (κ3) is 28.1. The molecule has 7 heterocycles. The van der Waals surface area contributed by atoms with E-state index in [2.05, 4.69) is 60.5 Å². The van der Waals surface area contributed by atoms with Crippen LogP contribution < -0.4 is 10.6 Å². The zero-order chi connectivity index (χ0) is 84.9. The molecule has 0 bridgehead atoms. The fourth-order valence-corrected chi connectivity index (χ4v) is 13.7. The number of urea groups is 1. The zero-order valence-electron chi connectivity index (χ0n) is 66.6. The van der Waals surface area contributed by atoms with Crippen LogP contribution in [0.25, 0.3) is 11.2 Å². The van der Waals surface area contributed by atoms with Crippen LogP contribution in [0.5, 0.6) is 0 Å². The fraction of sp³-hybridized carbons (Fsp3) is 0.597. The van der Waals surface area contributed by atoms with Crippen molar-refractivity contribution >= 4 is 81.7 Å². The van der Waals surface area contributed by atoms with Gasteiger partial charge in [0.1, 0.15) is 48.1 Å². The van der Waals surface area contributed by atoms with Crippen molar-refractivity contribution in [3.05, 3.63) is 98.8 Å². The molecule has 34 nitrogen and oxygen atoms in total. The van der Waals surface area contributed by atoms with Crippen LogP contribution in [0.2, 0.25) is 0 Å². The molecule has 1 aromatic carbocycles. The first kappa shape index (κ1) is 92.6. The molecule has 40 heteroatoms. The summed E-state index contributed by atoms with van der Waals surface area (Å²) < 4.78 is 154.